The van der Waals surface area contributed by atoms with Crippen molar-refractivity contribution in [2.75, 3.05) is 19.6 Å². The maximum Gasteiger partial charge on any atom is 0.240 e. The van der Waals surface area contributed by atoms with Crippen LogP contribution in [0.15, 0.2) is 65.8 Å². The molecule has 1 N–H and O–H groups in total. The Labute approximate surface area is 183 Å². The van der Waals surface area contributed by atoms with E-state index in [0.717, 1.165) is 36.8 Å². The molecule has 2 aromatic heterocycles. The number of likely N-dealkylation sites (tertiary alicyclic amines) is 1. The van der Waals surface area contributed by atoms with E-state index in [4.69, 9.17) is 0 Å². The number of aromatic nitrogens is 2. The number of hydrogen-bond acceptors (Lipinski definition) is 3. The zero-order valence-corrected chi connectivity index (χ0v) is 18.8. The number of benzene rings is 2. The van der Waals surface area contributed by atoms with Crippen molar-refractivity contribution in [1.29, 1.82) is 0 Å². The molecular formula is C24H28N4O2S. The van der Waals surface area contributed by atoms with Gasteiger partial charge in [-0.2, -0.15) is 0 Å². The summed E-state index contributed by atoms with van der Waals surface area (Å²) in [5.41, 5.74) is 3.26. The lowest BCUT2D eigenvalue weighted by Gasteiger charge is -2.27. The average molecular weight is 437 g/mol. The molecule has 6 nitrogen and oxygen atoms in total. The molecule has 0 spiro atoms. The van der Waals surface area contributed by atoms with Crippen molar-refractivity contribution in [2.24, 2.45) is 14.1 Å². The van der Waals surface area contributed by atoms with Gasteiger partial charge in [-0.25, -0.2) is 13.1 Å². The summed E-state index contributed by atoms with van der Waals surface area (Å²) in [5, 5.41) is 2.22. The lowest BCUT2D eigenvalue weighted by atomic mass is 10.0. The molecule has 1 saturated heterocycles. The molecule has 1 aliphatic heterocycles. The molecular weight excluding hydrogens is 408 g/mol. The second kappa shape index (κ2) is 7.82. The Morgan fingerprint density at radius 3 is 2.55 bits per heavy atom. The molecule has 162 valence electrons. The minimum atomic E-state index is -3.62. The number of sulfonamides is 1. The number of rotatable bonds is 6. The van der Waals surface area contributed by atoms with Crippen LogP contribution in [0.1, 0.15) is 24.4 Å². The van der Waals surface area contributed by atoms with Crippen LogP contribution < -0.4 is 4.72 Å². The number of nitrogens with one attached hydrogen (secondary N) is 1. The summed E-state index contributed by atoms with van der Waals surface area (Å²) in [6, 6.07) is 15.6. The van der Waals surface area contributed by atoms with Crippen molar-refractivity contribution in [2.45, 2.75) is 23.8 Å². The number of nitrogens with zero attached hydrogens (tertiary/aromatic N) is 3. The molecule has 0 amide bonds. The van der Waals surface area contributed by atoms with Gasteiger partial charge in [-0.3, -0.25) is 4.90 Å². The summed E-state index contributed by atoms with van der Waals surface area (Å²) in [6.45, 7) is 2.33. The van der Waals surface area contributed by atoms with E-state index < -0.39 is 10.0 Å². The van der Waals surface area contributed by atoms with E-state index >= 15 is 0 Å². The van der Waals surface area contributed by atoms with Gasteiger partial charge < -0.3 is 9.13 Å². The fraction of sp³-hybridized carbons (Fsp3) is 0.333. The third kappa shape index (κ3) is 3.67. The maximum atomic E-state index is 13.2. The summed E-state index contributed by atoms with van der Waals surface area (Å²) in [5.74, 6) is 0. The molecule has 0 aliphatic carbocycles. The predicted molar refractivity (Wildman–Crippen MR) is 125 cm³/mol. The first kappa shape index (κ1) is 20.3. The molecule has 1 fully saturated rings. The van der Waals surface area contributed by atoms with Crippen molar-refractivity contribution < 1.29 is 8.42 Å². The largest absolute Gasteiger partial charge is 0.351 e. The Bertz CT molecular complexity index is 1350. The molecule has 5 rings (SSSR count). The number of para-hydroxylation sites is 1. The highest BCUT2D eigenvalue weighted by atomic mass is 32.2. The SMILES string of the molecule is Cn1ccc2ccc(S(=O)(=O)NCC(c3cn(C)c4ccccc34)N3CCCC3)cc21. The summed E-state index contributed by atoms with van der Waals surface area (Å²) < 4.78 is 33.4. The van der Waals surface area contributed by atoms with Crippen molar-refractivity contribution in [3.63, 3.8) is 0 Å². The molecule has 1 atom stereocenters. The molecule has 0 bridgehead atoms. The number of aryl methyl sites for hydroxylation is 2. The smallest absolute Gasteiger partial charge is 0.240 e. The van der Waals surface area contributed by atoms with Gasteiger partial charge in [0.1, 0.15) is 0 Å². The molecule has 3 heterocycles. The van der Waals surface area contributed by atoms with Crippen LogP contribution in [0, 0.1) is 0 Å². The summed E-state index contributed by atoms with van der Waals surface area (Å²) in [7, 11) is 0.352. The summed E-state index contributed by atoms with van der Waals surface area (Å²) in [4.78, 5) is 2.71. The van der Waals surface area contributed by atoms with E-state index in [0.29, 0.717) is 11.4 Å². The molecule has 0 radical (unpaired) electrons. The Morgan fingerprint density at radius 1 is 0.968 bits per heavy atom. The van der Waals surface area contributed by atoms with E-state index in [1.54, 1.807) is 12.1 Å². The van der Waals surface area contributed by atoms with E-state index in [2.05, 4.69) is 32.5 Å². The van der Waals surface area contributed by atoms with Gasteiger partial charge in [0, 0.05) is 49.5 Å². The van der Waals surface area contributed by atoms with Crippen LogP contribution in [0.3, 0.4) is 0 Å². The van der Waals surface area contributed by atoms with Crippen LogP contribution in [0.4, 0.5) is 0 Å². The highest BCUT2D eigenvalue weighted by molar-refractivity contribution is 7.89. The van der Waals surface area contributed by atoms with E-state index in [-0.39, 0.29) is 6.04 Å². The van der Waals surface area contributed by atoms with Gasteiger partial charge in [0.05, 0.1) is 10.9 Å². The normalized spacial score (nSPS) is 16.5. The van der Waals surface area contributed by atoms with Gasteiger partial charge in [-0.05, 0) is 61.1 Å². The first-order chi connectivity index (χ1) is 14.9. The van der Waals surface area contributed by atoms with Gasteiger partial charge >= 0.3 is 0 Å². The van der Waals surface area contributed by atoms with Crippen LogP contribution in [0.25, 0.3) is 21.8 Å². The lowest BCUT2D eigenvalue weighted by Crippen LogP contribution is -2.36. The molecule has 2 aromatic carbocycles. The minimum absolute atomic E-state index is 0.00198. The van der Waals surface area contributed by atoms with Gasteiger partial charge in [0.2, 0.25) is 10.0 Å². The van der Waals surface area contributed by atoms with Crippen LogP contribution in [-0.4, -0.2) is 42.1 Å². The topological polar surface area (TPSA) is 59.3 Å². The van der Waals surface area contributed by atoms with Crippen LogP contribution in [0.2, 0.25) is 0 Å². The average Bonchev–Trinajstić information content (AvgIpc) is 3.50. The van der Waals surface area contributed by atoms with Gasteiger partial charge in [0.15, 0.2) is 0 Å². The van der Waals surface area contributed by atoms with Crippen molar-refractivity contribution in [3.8, 4) is 0 Å². The number of hydrogen-bond donors (Lipinski definition) is 1. The zero-order valence-electron chi connectivity index (χ0n) is 18.0. The summed E-state index contributed by atoms with van der Waals surface area (Å²) >= 11 is 0. The molecule has 0 saturated carbocycles. The first-order valence-electron chi connectivity index (χ1n) is 10.8. The van der Waals surface area contributed by atoms with Crippen LogP contribution in [-0.2, 0) is 24.1 Å². The van der Waals surface area contributed by atoms with Crippen LogP contribution >= 0.6 is 0 Å². The highest BCUT2D eigenvalue weighted by Crippen LogP contribution is 2.32. The second-order valence-electron chi connectivity index (χ2n) is 8.47. The molecule has 4 aromatic rings. The quantitative estimate of drug-likeness (QED) is 0.500. The Morgan fingerprint density at radius 2 is 1.74 bits per heavy atom. The highest BCUT2D eigenvalue weighted by Gasteiger charge is 2.28. The molecule has 7 heteroatoms. The van der Waals surface area contributed by atoms with Gasteiger partial charge in [0.25, 0.3) is 0 Å². The Kier molecular flexibility index (Phi) is 5.12. The minimum Gasteiger partial charge on any atom is -0.351 e. The fourth-order valence-electron chi connectivity index (χ4n) is 4.81. The summed E-state index contributed by atoms with van der Waals surface area (Å²) in [6.07, 6.45) is 6.40. The third-order valence-corrected chi connectivity index (χ3v) is 7.93. The zero-order chi connectivity index (χ0) is 21.6. The Balaban J connectivity index is 1.47. The Hall–Kier alpha value is -2.61. The van der Waals surface area contributed by atoms with Crippen molar-refractivity contribution in [1.82, 2.24) is 18.8 Å². The molecule has 1 unspecified atom stereocenters. The van der Waals surface area contributed by atoms with E-state index in [9.17, 15) is 8.42 Å². The van der Waals surface area contributed by atoms with Crippen molar-refractivity contribution in [3.05, 3.63) is 66.5 Å². The fourth-order valence-corrected chi connectivity index (χ4v) is 5.87. The third-order valence-electron chi connectivity index (χ3n) is 6.50. The molecule has 31 heavy (non-hydrogen) atoms. The molecule has 1 aliphatic rings. The predicted octanol–water partition coefficient (Wildman–Crippen LogP) is 3.79. The van der Waals surface area contributed by atoms with Crippen molar-refractivity contribution >= 4 is 31.8 Å². The maximum absolute atomic E-state index is 13.2. The van der Waals surface area contributed by atoms with Crippen LogP contribution in [0.5, 0.6) is 0 Å². The standard InChI is InChI=1S/C24H28N4O2S/c1-26-14-11-18-9-10-19(15-23(18)26)31(29,30)25-16-24(28-12-5-6-13-28)21-17-27(2)22-8-4-3-7-20(21)22/h3-4,7-11,14-15,17,24-25H,5-6,12-13,16H2,1-2H3. The van der Waals surface area contributed by atoms with Gasteiger partial charge in [-0.1, -0.05) is 24.3 Å². The first-order valence-corrected chi connectivity index (χ1v) is 12.2. The number of fused-ring (bicyclic) bond motifs is 2. The van der Waals surface area contributed by atoms with Gasteiger partial charge in [-0.15, -0.1) is 0 Å². The van der Waals surface area contributed by atoms with E-state index in [1.807, 2.05) is 49.1 Å². The van der Waals surface area contributed by atoms with E-state index in [1.165, 1.54) is 16.5 Å². The monoisotopic (exact) mass is 436 g/mol. The lowest BCUT2D eigenvalue weighted by molar-refractivity contribution is 0.247. The second-order valence-corrected chi connectivity index (χ2v) is 10.2.